The first-order valence-electron chi connectivity index (χ1n) is 7.87. The Bertz CT molecular complexity index is 702. The van der Waals surface area contributed by atoms with E-state index in [1.54, 1.807) is 11.0 Å². The van der Waals surface area contributed by atoms with E-state index in [0.29, 0.717) is 19.4 Å². The van der Waals surface area contributed by atoms with Crippen LogP contribution < -0.4 is 4.72 Å². The number of benzene rings is 1. The summed E-state index contributed by atoms with van der Waals surface area (Å²) in [5, 5.41) is 0. The minimum atomic E-state index is -3.36. The molecular weight excluding hydrogens is 328 g/mol. The lowest BCUT2D eigenvalue weighted by Crippen LogP contribution is -2.57. The van der Waals surface area contributed by atoms with E-state index < -0.39 is 16.1 Å². The van der Waals surface area contributed by atoms with E-state index in [-0.39, 0.29) is 12.1 Å². The molecule has 0 aromatic heterocycles. The molecule has 1 saturated heterocycles. The lowest BCUT2D eigenvalue weighted by Gasteiger charge is -2.40. The van der Waals surface area contributed by atoms with Crippen LogP contribution in [0.4, 0.5) is 4.79 Å². The summed E-state index contributed by atoms with van der Waals surface area (Å²) in [5.41, 5.74) is 2.01. The molecule has 0 bridgehead atoms. The van der Waals surface area contributed by atoms with E-state index in [1.165, 1.54) is 7.11 Å². The lowest BCUT2D eigenvalue weighted by atomic mass is 9.91. The minimum Gasteiger partial charge on any atom is -0.453 e. The van der Waals surface area contributed by atoms with E-state index in [9.17, 15) is 13.2 Å². The van der Waals surface area contributed by atoms with Crippen molar-refractivity contribution in [2.24, 2.45) is 0 Å². The zero-order valence-corrected chi connectivity index (χ0v) is 14.9. The number of nitrogens with zero attached hydrogens (tertiary/aromatic N) is 1. The summed E-state index contributed by atoms with van der Waals surface area (Å²) in [7, 11) is -2.02. The number of hydrogen-bond donors (Lipinski definition) is 1. The van der Waals surface area contributed by atoms with Crippen LogP contribution in [0, 0.1) is 0 Å². The van der Waals surface area contributed by atoms with Gasteiger partial charge in [0.2, 0.25) is 10.0 Å². The third-order valence-electron chi connectivity index (χ3n) is 4.19. The van der Waals surface area contributed by atoms with Crippen molar-refractivity contribution in [3.63, 3.8) is 0 Å². The first-order chi connectivity index (χ1) is 11.3. The number of ether oxygens (including phenoxy) is 1. The van der Waals surface area contributed by atoms with Crippen LogP contribution >= 0.6 is 0 Å². The molecule has 1 amide bonds. The molecule has 0 aliphatic carbocycles. The number of methoxy groups -OCH3 is 1. The third kappa shape index (κ3) is 4.82. The largest absolute Gasteiger partial charge is 0.453 e. The molecule has 2 unspecified atom stereocenters. The average Bonchev–Trinajstić information content (AvgIpc) is 2.54. The zero-order valence-electron chi connectivity index (χ0n) is 14.1. The van der Waals surface area contributed by atoms with Gasteiger partial charge < -0.3 is 9.64 Å². The van der Waals surface area contributed by atoms with E-state index in [2.05, 4.69) is 11.3 Å². The number of nitrogens with one attached hydrogen (secondary N) is 1. The fourth-order valence-electron chi connectivity index (χ4n) is 3.15. The molecule has 2 atom stereocenters. The number of sulfonamides is 1. The molecular formula is C17H24N2O4S. The summed E-state index contributed by atoms with van der Waals surface area (Å²) in [5.74, 6) is 0. The van der Waals surface area contributed by atoms with Crippen molar-refractivity contribution in [2.75, 3.05) is 19.9 Å². The van der Waals surface area contributed by atoms with E-state index in [4.69, 9.17) is 4.74 Å². The second kappa shape index (κ2) is 7.81. The van der Waals surface area contributed by atoms with Crippen molar-refractivity contribution in [1.29, 1.82) is 0 Å². The Balaban J connectivity index is 2.30. The molecule has 132 valence electrons. The molecule has 1 aromatic rings. The Labute approximate surface area is 143 Å². The zero-order chi connectivity index (χ0) is 17.7. The summed E-state index contributed by atoms with van der Waals surface area (Å²) in [6.45, 7) is 4.32. The van der Waals surface area contributed by atoms with Crippen LogP contribution in [0.1, 0.15) is 24.0 Å². The standard InChI is InChI=1S/C17H24N2O4S/c1-4-13-7-5-8-14(11-13)12-16-15(18-24(3,21)22)9-6-10-19(16)17(20)23-2/h4-5,7-8,11,15-16,18H,1,6,9-10,12H2,2-3H3. The van der Waals surface area contributed by atoms with Gasteiger partial charge in [0.1, 0.15) is 0 Å². The number of carbonyl (C=O) groups is 1. The van der Waals surface area contributed by atoms with E-state index in [1.807, 2.05) is 24.3 Å². The van der Waals surface area contributed by atoms with Gasteiger partial charge in [-0.05, 0) is 30.4 Å². The van der Waals surface area contributed by atoms with Crippen LogP contribution in [-0.2, 0) is 21.2 Å². The monoisotopic (exact) mass is 352 g/mol. The Morgan fingerprint density at radius 1 is 1.50 bits per heavy atom. The molecule has 0 spiro atoms. The Hall–Kier alpha value is -1.86. The quantitative estimate of drug-likeness (QED) is 0.880. The third-order valence-corrected chi connectivity index (χ3v) is 4.92. The maximum Gasteiger partial charge on any atom is 0.409 e. The van der Waals surface area contributed by atoms with Crippen molar-refractivity contribution < 1.29 is 17.9 Å². The second-order valence-electron chi connectivity index (χ2n) is 6.02. The van der Waals surface area contributed by atoms with Gasteiger partial charge in [0, 0.05) is 12.6 Å². The van der Waals surface area contributed by atoms with Crippen molar-refractivity contribution in [3.05, 3.63) is 42.0 Å². The van der Waals surface area contributed by atoms with Gasteiger partial charge in [0.05, 0.1) is 19.4 Å². The molecule has 24 heavy (non-hydrogen) atoms. The normalized spacial score (nSPS) is 21.3. The predicted octanol–water partition coefficient (Wildman–Crippen LogP) is 2.02. The number of rotatable bonds is 5. The first-order valence-corrected chi connectivity index (χ1v) is 9.76. The Morgan fingerprint density at radius 2 is 2.25 bits per heavy atom. The molecule has 1 heterocycles. The van der Waals surface area contributed by atoms with Gasteiger partial charge in [-0.15, -0.1) is 0 Å². The van der Waals surface area contributed by atoms with Gasteiger partial charge in [-0.3, -0.25) is 0 Å². The summed E-state index contributed by atoms with van der Waals surface area (Å²) in [6.07, 6.45) is 4.43. The van der Waals surface area contributed by atoms with Crippen molar-refractivity contribution in [2.45, 2.75) is 31.3 Å². The molecule has 1 fully saturated rings. The van der Waals surface area contributed by atoms with Gasteiger partial charge in [-0.2, -0.15) is 0 Å². The summed E-state index contributed by atoms with van der Waals surface area (Å²) >= 11 is 0. The molecule has 0 radical (unpaired) electrons. The number of amides is 1. The van der Waals surface area contributed by atoms with Crippen LogP contribution in [0.2, 0.25) is 0 Å². The van der Waals surface area contributed by atoms with E-state index in [0.717, 1.165) is 23.8 Å². The molecule has 0 saturated carbocycles. The lowest BCUT2D eigenvalue weighted by molar-refractivity contribution is 0.0792. The second-order valence-corrected chi connectivity index (χ2v) is 7.80. The molecule has 1 aliphatic rings. The van der Waals surface area contributed by atoms with Crippen LogP contribution in [0.25, 0.3) is 6.08 Å². The highest BCUT2D eigenvalue weighted by molar-refractivity contribution is 7.88. The van der Waals surface area contributed by atoms with E-state index >= 15 is 0 Å². The fraction of sp³-hybridized carbons (Fsp3) is 0.471. The highest BCUT2D eigenvalue weighted by Crippen LogP contribution is 2.23. The van der Waals surface area contributed by atoms with Gasteiger partial charge >= 0.3 is 6.09 Å². The SMILES string of the molecule is C=Cc1cccc(CC2C(NS(C)(=O)=O)CCCN2C(=O)OC)c1. The molecule has 6 nitrogen and oxygen atoms in total. The van der Waals surface area contributed by atoms with Gasteiger partial charge in [0.25, 0.3) is 0 Å². The molecule has 1 aliphatic heterocycles. The number of likely N-dealkylation sites (tertiary alicyclic amines) is 1. The smallest absolute Gasteiger partial charge is 0.409 e. The van der Waals surface area contributed by atoms with Gasteiger partial charge in [0.15, 0.2) is 0 Å². The average molecular weight is 352 g/mol. The summed E-state index contributed by atoms with van der Waals surface area (Å²) < 4.78 is 30.9. The molecule has 1 N–H and O–H groups in total. The predicted molar refractivity (Wildman–Crippen MR) is 94.1 cm³/mol. The van der Waals surface area contributed by atoms with Crippen LogP contribution in [0.5, 0.6) is 0 Å². The van der Waals surface area contributed by atoms with Crippen LogP contribution in [0.15, 0.2) is 30.8 Å². The molecule has 2 rings (SSSR count). The number of carbonyl (C=O) groups excluding carboxylic acids is 1. The molecule has 7 heteroatoms. The van der Waals surface area contributed by atoms with Gasteiger partial charge in [-0.25, -0.2) is 17.9 Å². The van der Waals surface area contributed by atoms with Gasteiger partial charge in [-0.1, -0.05) is 36.9 Å². The number of hydrogen-bond acceptors (Lipinski definition) is 4. The maximum absolute atomic E-state index is 12.1. The topological polar surface area (TPSA) is 75.7 Å². The van der Waals surface area contributed by atoms with Crippen LogP contribution in [-0.4, -0.2) is 51.4 Å². The first kappa shape index (κ1) is 18.5. The Morgan fingerprint density at radius 3 is 2.88 bits per heavy atom. The van der Waals surface area contributed by atoms with Crippen molar-refractivity contribution in [3.8, 4) is 0 Å². The summed E-state index contributed by atoms with van der Waals surface area (Å²) in [6, 6.07) is 7.21. The Kier molecular flexibility index (Phi) is 6.01. The maximum atomic E-state index is 12.1. The van der Waals surface area contributed by atoms with Crippen molar-refractivity contribution in [1.82, 2.24) is 9.62 Å². The summed E-state index contributed by atoms with van der Waals surface area (Å²) in [4.78, 5) is 13.7. The molecule has 1 aromatic carbocycles. The highest BCUT2D eigenvalue weighted by atomic mass is 32.2. The van der Waals surface area contributed by atoms with Crippen LogP contribution in [0.3, 0.4) is 0 Å². The fourth-order valence-corrected chi connectivity index (χ4v) is 3.98. The highest BCUT2D eigenvalue weighted by Gasteiger charge is 2.36. The minimum absolute atomic E-state index is 0.291. The number of piperidine rings is 1. The van der Waals surface area contributed by atoms with Crippen molar-refractivity contribution >= 4 is 22.2 Å².